The molecule has 1 amide bonds. The van der Waals surface area contributed by atoms with E-state index in [0.29, 0.717) is 49.1 Å². The molecule has 0 atom stereocenters. The molecule has 1 fully saturated rings. The number of ether oxygens (including phenoxy) is 2. The molecule has 1 aliphatic rings. The van der Waals surface area contributed by atoms with Crippen LogP contribution in [0.3, 0.4) is 0 Å². The third kappa shape index (κ3) is 5.71. The molecule has 1 aliphatic heterocycles. The first kappa shape index (κ1) is 20.2. The highest BCUT2D eigenvalue weighted by Crippen LogP contribution is 2.17. The zero-order chi connectivity index (χ0) is 19.8. The van der Waals surface area contributed by atoms with Crippen molar-refractivity contribution in [1.82, 2.24) is 4.90 Å². The van der Waals surface area contributed by atoms with Gasteiger partial charge in [-0.05, 0) is 36.2 Å². The van der Waals surface area contributed by atoms with Crippen LogP contribution in [-0.2, 0) is 20.7 Å². The maximum Gasteiger partial charge on any atom is 0.340 e. The molecule has 7 heteroatoms. The summed E-state index contributed by atoms with van der Waals surface area (Å²) >= 11 is 5.90. The Hall–Kier alpha value is -2.57. The molecule has 0 unspecified atom stereocenters. The molecule has 0 bridgehead atoms. The predicted octanol–water partition coefficient (Wildman–Crippen LogP) is 3.01. The Morgan fingerprint density at radius 3 is 2.54 bits per heavy atom. The van der Waals surface area contributed by atoms with Crippen molar-refractivity contribution in [3.05, 3.63) is 64.7 Å². The van der Waals surface area contributed by atoms with Gasteiger partial charge in [0.15, 0.2) is 6.61 Å². The summed E-state index contributed by atoms with van der Waals surface area (Å²) in [5, 5.41) is 3.97. The zero-order valence-electron chi connectivity index (χ0n) is 15.5. The summed E-state index contributed by atoms with van der Waals surface area (Å²) in [5.74, 6) is -0.721. The minimum absolute atomic E-state index is 0.204. The number of nitrogens with zero attached hydrogens (tertiary/aromatic N) is 1. The molecular weight excluding hydrogens is 380 g/mol. The van der Waals surface area contributed by atoms with E-state index in [0.717, 1.165) is 12.0 Å². The van der Waals surface area contributed by atoms with Crippen LogP contribution in [0.2, 0.25) is 5.02 Å². The largest absolute Gasteiger partial charge is 0.452 e. The van der Waals surface area contributed by atoms with Crippen LogP contribution in [0.1, 0.15) is 15.9 Å². The smallest absolute Gasteiger partial charge is 0.340 e. The monoisotopic (exact) mass is 402 g/mol. The summed E-state index contributed by atoms with van der Waals surface area (Å²) in [7, 11) is 0. The van der Waals surface area contributed by atoms with Crippen molar-refractivity contribution < 1.29 is 19.1 Å². The Morgan fingerprint density at radius 1 is 1.07 bits per heavy atom. The van der Waals surface area contributed by atoms with Gasteiger partial charge < -0.3 is 19.7 Å². The van der Waals surface area contributed by atoms with Gasteiger partial charge in [-0.2, -0.15) is 0 Å². The fourth-order valence-electron chi connectivity index (χ4n) is 2.92. The minimum atomic E-state index is -0.517. The number of morpholine rings is 1. The van der Waals surface area contributed by atoms with Gasteiger partial charge >= 0.3 is 5.97 Å². The average Bonchev–Trinajstić information content (AvgIpc) is 2.74. The number of anilines is 1. The van der Waals surface area contributed by atoms with Gasteiger partial charge in [-0.15, -0.1) is 0 Å². The van der Waals surface area contributed by atoms with E-state index in [2.05, 4.69) is 5.32 Å². The van der Waals surface area contributed by atoms with Gasteiger partial charge in [0.1, 0.15) is 0 Å². The van der Waals surface area contributed by atoms with Crippen molar-refractivity contribution in [2.24, 2.45) is 0 Å². The Labute approximate surface area is 169 Å². The molecule has 1 N–H and O–H groups in total. The number of rotatable bonds is 7. The van der Waals surface area contributed by atoms with Gasteiger partial charge in [-0.25, -0.2) is 4.79 Å². The third-order valence-corrected chi connectivity index (χ3v) is 4.73. The van der Waals surface area contributed by atoms with Crippen molar-refractivity contribution in [2.75, 3.05) is 44.8 Å². The van der Waals surface area contributed by atoms with E-state index in [4.69, 9.17) is 21.1 Å². The molecule has 0 saturated carbocycles. The molecule has 0 aromatic heterocycles. The summed E-state index contributed by atoms with van der Waals surface area (Å²) in [6.45, 7) is 2.47. The Bertz CT molecular complexity index is 804. The normalized spacial score (nSPS) is 13.8. The quantitative estimate of drug-likeness (QED) is 0.721. The zero-order valence-corrected chi connectivity index (χ0v) is 16.3. The van der Waals surface area contributed by atoms with Crippen molar-refractivity contribution in [2.45, 2.75) is 6.42 Å². The molecule has 1 saturated heterocycles. The van der Waals surface area contributed by atoms with Gasteiger partial charge in [0, 0.05) is 30.3 Å². The molecule has 2 aromatic carbocycles. The summed E-state index contributed by atoms with van der Waals surface area (Å²) in [6, 6.07) is 14.8. The van der Waals surface area contributed by atoms with Gasteiger partial charge in [0.25, 0.3) is 5.91 Å². The third-order valence-electron chi connectivity index (χ3n) is 4.48. The Morgan fingerprint density at radius 2 is 1.79 bits per heavy atom. The molecule has 28 heavy (non-hydrogen) atoms. The summed E-state index contributed by atoms with van der Waals surface area (Å²) < 4.78 is 10.5. The van der Waals surface area contributed by atoms with E-state index >= 15 is 0 Å². The minimum Gasteiger partial charge on any atom is -0.452 e. The fraction of sp³-hybridized carbons (Fsp3) is 0.333. The summed E-state index contributed by atoms with van der Waals surface area (Å²) in [4.78, 5) is 26.2. The van der Waals surface area contributed by atoms with Crippen molar-refractivity contribution in [3.63, 3.8) is 0 Å². The summed E-state index contributed by atoms with van der Waals surface area (Å²) in [5.41, 5.74) is 2.24. The molecule has 3 rings (SSSR count). The van der Waals surface area contributed by atoms with Crippen LogP contribution in [-0.4, -0.2) is 56.2 Å². The molecule has 0 spiro atoms. The van der Waals surface area contributed by atoms with Crippen molar-refractivity contribution in [1.29, 1.82) is 0 Å². The lowest BCUT2D eigenvalue weighted by molar-refractivity contribution is -0.138. The number of amides is 1. The molecule has 1 heterocycles. The van der Waals surface area contributed by atoms with E-state index < -0.39 is 5.97 Å². The van der Waals surface area contributed by atoms with E-state index in [1.165, 1.54) is 0 Å². The second-order valence-corrected chi connectivity index (χ2v) is 6.85. The van der Waals surface area contributed by atoms with Gasteiger partial charge in [-0.1, -0.05) is 35.9 Å². The predicted molar refractivity (Wildman–Crippen MR) is 108 cm³/mol. The number of halogens is 1. The molecule has 2 aromatic rings. The van der Waals surface area contributed by atoms with Crippen LogP contribution in [0.25, 0.3) is 0 Å². The van der Waals surface area contributed by atoms with Crippen LogP contribution < -0.4 is 5.32 Å². The topological polar surface area (TPSA) is 67.9 Å². The SMILES string of the molecule is O=C(OCC(=O)N1CCOCC1)c1ccccc1NCCc1ccc(Cl)cc1. The highest BCUT2D eigenvalue weighted by molar-refractivity contribution is 6.30. The van der Waals surface area contributed by atoms with Gasteiger partial charge in [-0.3, -0.25) is 4.79 Å². The number of esters is 1. The number of hydrogen-bond donors (Lipinski definition) is 1. The number of carbonyl (C=O) groups is 2. The lowest BCUT2D eigenvalue weighted by atomic mass is 10.1. The molecular formula is C21H23ClN2O4. The van der Waals surface area contributed by atoms with Crippen molar-refractivity contribution in [3.8, 4) is 0 Å². The summed E-state index contributed by atoms with van der Waals surface area (Å²) in [6.07, 6.45) is 0.788. The number of nitrogens with one attached hydrogen (secondary N) is 1. The number of benzene rings is 2. The van der Waals surface area contributed by atoms with Crippen LogP contribution >= 0.6 is 11.6 Å². The Kier molecular flexibility index (Phi) is 7.28. The van der Waals surface area contributed by atoms with Crippen LogP contribution in [0, 0.1) is 0 Å². The van der Waals surface area contributed by atoms with Crippen LogP contribution in [0.5, 0.6) is 0 Å². The fourth-order valence-corrected chi connectivity index (χ4v) is 3.04. The Balaban J connectivity index is 1.52. The molecule has 148 valence electrons. The van der Waals surface area contributed by atoms with Gasteiger partial charge in [0.2, 0.25) is 0 Å². The lowest BCUT2D eigenvalue weighted by Gasteiger charge is -2.26. The second kappa shape index (κ2) is 10.1. The van der Waals surface area contributed by atoms with Crippen LogP contribution in [0.4, 0.5) is 5.69 Å². The standard InChI is InChI=1S/C21H23ClN2O4/c22-17-7-5-16(6-8-17)9-10-23-19-4-2-1-3-18(19)21(26)28-15-20(25)24-11-13-27-14-12-24/h1-8,23H,9-15H2. The van der Waals surface area contributed by atoms with Crippen molar-refractivity contribution >= 4 is 29.2 Å². The number of carbonyl (C=O) groups excluding carboxylic acids is 2. The number of hydrogen-bond acceptors (Lipinski definition) is 5. The van der Waals surface area contributed by atoms with E-state index in [1.54, 1.807) is 17.0 Å². The lowest BCUT2D eigenvalue weighted by Crippen LogP contribution is -2.42. The molecule has 0 aliphatic carbocycles. The molecule has 0 radical (unpaired) electrons. The maximum atomic E-state index is 12.5. The average molecular weight is 403 g/mol. The first-order valence-electron chi connectivity index (χ1n) is 9.23. The van der Waals surface area contributed by atoms with Gasteiger partial charge in [0.05, 0.1) is 18.8 Å². The van der Waals surface area contributed by atoms with E-state index in [-0.39, 0.29) is 12.5 Å². The highest BCUT2D eigenvalue weighted by atomic mass is 35.5. The number of para-hydroxylation sites is 1. The second-order valence-electron chi connectivity index (χ2n) is 6.42. The first-order valence-corrected chi connectivity index (χ1v) is 9.61. The highest BCUT2D eigenvalue weighted by Gasteiger charge is 2.19. The first-order chi connectivity index (χ1) is 13.6. The van der Waals surface area contributed by atoms with E-state index in [1.807, 2.05) is 36.4 Å². The van der Waals surface area contributed by atoms with E-state index in [9.17, 15) is 9.59 Å². The molecule has 6 nitrogen and oxygen atoms in total. The van der Waals surface area contributed by atoms with Crippen LogP contribution in [0.15, 0.2) is 48.5 Å². The maximum absolute atomic E-state index is 12.5.